The molecule has 0 aliphatic rings. The summed E-state index contributed by atoms with van der Waals surface area (Å²) in [5.41, 5.74) is 25.4. The fourth-order valence-corrected chi connectivity index (χ4v) is 20.0. The molecule has 9 heteroatoms. The normalized spacial score (nSPS) is 11.6. The Kier molecular flexibility index (Phi) is 19.7. The highest BCUT2D eigenvalue weighted by atomic mass is 15.0. The van der Waals surface area contributed by atoms with E-state index in [2.05, 4.69) is 481 Å². The van der Waals surface area contributed by atoms with Crippen molar-refractivity contribution in [1.29, 1.82) is 0 Å². The van der Waals surface area contributed by atoms with Crippen LogP contribution in [-0.4, -0.2) is 43.6 Å². The number of benzene rings is 21. The maximum atomic E-state index is 5.37. The van der Waals surface area contributed by atoms with E-state index in [9.17, 15) is 0 Å². The third kappa shape index (κ3) is 14.4. The van der Waals surface area contributed by atoms with E-state index in [1.807, 2.05) is 24.3 Å². The zero-order chi connectivity index (χ0) is 89.2. The molecule has 135 heavy (non-hydrogen) atoms. The maximum Gasteiger partial charge on any atom is 0.160 e. The zero-order valence-corrected chi connectivity index (χ0v) is 73.3. The highest BCUT2D eigenvalue weighted by molar-refractivity contribution is 6.17. The van der Waals surface area contributed by atoms with Crippen molar-refractivity contribution in [3.63, 3.8) is 0 Å². The van der Waals surface area contributed by atoms with Gasteiger partial charge < -0.3 is 13.7 Å². The SMILES string of the molecule is c1ccc(-c2cc(-c3ccc4ccccc4c3)nc(-c3ccc(-n4c5ccccc5c5ccccc54)cc3)n2)cc1.c1ccc(-c2cc(-c3cccc4ccccc34)nc(-c3ccc(-n4c5ccccc5c5ccccc54)cc3)n2)cc1.c1ccc2c(c1)cc(-c1cc(-c3cc4ccccc4c4ccccc34)nc(-c3ccc(-n4c5ccccc5c5ccccc54)cc3)n1)c1ccccc12. The molecule has 9 nitrogen and oxygen atoms in total. The predicted molar refractivity (Wildman–Crippen MR) is 563 cm³/mol. The first-order valence-electron chi connectivity index (χ1n) is 45.8. The fraction of sp³-hybridized carbons (Fsp3) is 0. The van der Waals surface area contributed by atoms with E-state index >= 15 is 0 Å². The average molecular weight is 1720 g/mol. The van der Waals surface area contributed by atoms with E-state index < -0.39 is 0 Å². The first-order chi connectivity index (χ1) is 66.9. The van der Waals surface area contributed by atoms with Crippen LogP contribution in [0.5, 0.6) is 0 Å². The highest BCUT2D eigenvalue weighted by Gasteiger charge is 2.23. The van der Waals surface area contributed by atoms with E-state index in [1.54, 1.807) is 0 Å². The van der Waals surface area contributed by atoms with Gasteiger partial charge >= 0.3 is 0 Å². The van der Waals surface area contributed by atoms with Crippen LogP contribution in [-0.2, 0) is 0 Å². The molecule has 21 aromatic carbocycles. The van der Waals surface area contributed by atoms with Gasteiger partial charge in [0.25, 0.3) is 0 Å². The quantitative estimate of drug-likeness (QED) is 0.113. The Bertz CT molecular complexity index is 8990. The van der Waals surface area contributed by atoms with Gasteiger partial charge in [-0.3, -0.25) is 0 Å². The summed E-state index contributed by atoms with van der Waals surface area (Å²) in [7, 11) is 0. The Morgan fingerprint density at radius 1 is 0.126 bits per heavy atom. The molecule has 630 valence electrons. The first-order valence-corrected chi connectivity index (χ1v) is 45.8. The van der Waals surface area contributed by atoms with Crippen LogP contribution in [0, 0.1) is 0 Å². The molecule has 0 bridgehead atoms. The van der Waals surface area contributed by atoms with Crippen molar-refractivity contribution in [2.75, 3.05) is 0 Å². The van der Waals surface area contributed by atoms with E-state index in [0.29, 0.717) is 17.5 Å². The summed E-state index contributed by atoms with van der Waals surface area (Å²) in [5.74, 6) is 2.12. The minimum atomic E-state index is 0.695. The lowest BCUT2D eigenvalue weighted by molar-refractivity contribution is 1.16. The third-order valence-electron chi connectivity index (χ3n) is 26.4. The van der Waals surface area contributed by atoms with Crippen molar-refractivity contribution in [1.82, 2.24) is 43.6 Å². The molecule has 6 aromatic heterocycles. The van der Waals surface area contributed by atoms with Crippen LogP contribution in [0.4, 0.5) is 0 Å². The minimum absolute atomic E-state index is 0.695. The van der Waals surface area contributed by atoms with Crippen LogP contribution in [0.1, 0.15) is 0 Å². The third-order valence-corrected chi connectivity index (χ3v) is 26.4. The Balaban J connectivity index is 0.000000109. The van der Waals surface area contributed by atoms with Gasteiger partial charge in [-0.25, -0.2) is 29.9 Å². The summed E-state index contributed by atoms with van der Waals surface area (Å²) in [6, 6.07) is 174. The smallest absolute Gasteiger partial charge is 0.160 e. The van der Waals surface area contributed by atoms with Gasteiger partial charge in [0, 0.05) is 99.5 Å². The van der Waals surface area contributed by atoms with Gasteiger partial charge in [-0.2, -0.15) is 0 Å². The molecule has 0 aliphatic carbocycles. The molecule has 0 spiro atoms. The summed E-state index contributed by atoms with van der Waals surface area (Å²) in [5, 5.41) is 21.9. The second-order valence-electron chi connectivity index (χ2n) is 34.3. The molecular weight excluding hydrogens is 1640 g/mol. The second kappa shape index (κ2) is 33.7. The van der Waals surface area contributed by atoms with Crippen molar-refractivity contribution in [3.8, 4) is 119 Å². The largest absolute Gasteiger partial charge is 0.309 e. The Labute approximate surface area is 778 Å². The molecule has 0 unspecified atom stereocenters. The van der Waals surface area contributed by atoms with Gasteiger partial charge in [0.05, 0.1) is 67.3 Å². The van der Waals surface area contributed by atoms with E-state index in [1.165, 1.54) is 130 Å². The van der Waals surface area contributed by atoms with Crippen molar-refractivity contribution >= 4 is 130 Å². The van der Waals surface area contributed by atoms with Gasteiger partial charge in [-0.05, 0) is 210 Å². The second-order valence-corrected chi connectivity index (χ2v) is 34.3. The van der Waals surface area contributed by atoms with Crippen molar-refractivity contribution < 1.29 is 0 Å². The van der Waals surface area contributed by atoms with Crippen LogP contribution in [0.25, 0.3) is 249 Å². The maximum absolute atomic E-state index is 5.37. The Hall–Kier alpha value is -18.2. The van der Waals surface area contributed by atoms with Crippen molar-refractivity contribution in [2.24, 2.45) is 0 Å². The number of para-hydroxylation sites is 6. The molecule has 27 rings (SSSR count). The van der Waals surface area contributed by atoms with Gasteiger partial charge in [0.2, 0.25) is 0 Å². The van der Waals surface area contributed by atoms with Gasteiger partial charge in [-0.1, -0.05) is 346 Å². The van der Waals surface area contributed by atoms with Crippen LogP contribution < -0.4 is 0 Å². The summed E-state index contributed by atoms with van der Waals surface area (Å²) in [6.07, 6.45) is 0. The molecule has 0 amide bonds. The molecule has 0 N–H and O–H groups in total. The molecule has 6 heterocycles. The van der Waals surface area contributed by atoms with Crippen molar-refractivity contribution in [3.05, 3.63) is 491 Å². The molecule has 0 saturated carbocycles. The number of rotatable bonds is 12. The topological polar surface area (TPSA) is 92.1 Å². The molecule has 0 aliphatic heterocycles. The minimum Gasteiger partial charge on any atom is -0.309 e. The lowest BCUT2D eigenvalue weighted by Crippen LogP contribution is -1.98. The predicted octanol–water partition coefficient (Wildman–Crippen LogP) is 32.6. The van der Waals surface area contributed by atoms with Crippen LogP contribution in [0.15, 0.2) is 491 Å². The lowest BCUT2D eigenvalue weighted by atomic mass is 9.93. The number of hydrogen-bond donors (Lipinski definition) is 0. The average Bonchev–Trinajstić information content (AvgIpc) is 1.74. The molecule has 27 aromatic rings. The lowest BCUT2D eigenvalue weighted by Gasteiger charge is -2.15. The van der Waals surface area contributed by atoms with E-state index in [4.69, 9.17) is 29.9 Å². The number of aromatic nitrogens is 9. The standard InChI is InChI=1S/C50H31N3.2C38H25N3/c1-3-15-36-33(13-1)29-44(40-19-7-5-17-38(36)40)46-31-47(45-30-34-14-2-4-16-37(34)39-18-6-8-20-41(39)45)52-50(51-46)32-25-27-35(28-26-32)53-48-23-11-9-21-42(48)43-22-10-12-24-49(43)53;1-2-12-27(13-3-1)34-25-35(31-18-10-14-26-11-4-5-15-30(26)31)40-38(39-34)28-21-23-29(24-22-28)41-36-19-8-6-16-32(36)33-17-7-9-20-37(33)41;1-2-11-27(12-3-1)34-25-35(30-19-18-26-10-4-5-13-29(26)24-30)40-38(39-34)28-20-22-31(23-21-28)41-36-16-8-6-14-32(36)33-15-7-9-17-37(33)41/h1-31H;2*1-25H. The molecule has 0 fully saturated rings. The highest BCUT2D eigenvalue weighted by Crippen LogP contribution is 2.44. The van der Waals surface area contributed by atoms with Crippen LogP contribution >= 0.6 is 0 Å². The van der Waals surface area contributed by atoms with E-state index in [-0.39, 0.29) is 0 Å². The first kappa shape index (κ1) is 79.0. The zero-order valence-electron chi connectivity index (χ0n) is 73.3. The van der Waals surface area contributed by atoms with Gasteiger partial charge in [0.15, 0.2) is 17.5 Å². The Morgan fingerprint density at radius 3 is 0.770 bits per heavy atom. The number of fused-ring (bicyclic) bond motifs is 17. The summed E-state index contributed by atoms with van der Waals surface area (Å²) in [4.78, 5) is 31.0. The summed E-state index contributed by atoms with van der Waals surface area (Å²) in [6.45, 7) is 0. The molecule has 0 atom stereocenters. The monoisotopic (exact) mass is 1720 g/mol. The molecular formula is C126H81N9. The summed E-state index contributed by atoms with van der Waals surface area (Å²) < 4.78 is 7.01. The van der Waals surface area contributed by atoms with Gasteiger partial charge in [-0.15, -0.1) is 0 Å². The Morgan fingerprint density at radius 2 is 0.385 bits per heavy atom. The molecule has 0 radical (unpaired) electrons. The van der Waals surface area contributed by atoms with Crippen LogP contribution in [0.2, 0.25) is 0 Å². The fourth-order valence-electron chi connectivity index (χ4n) is 20.0. The number of nitrogens with zero attached hydrogens (tertiary/aromatic N) is 9. The summed E-state index contributed by atoms with van der Waals surface area (Å²) >= 11 is 0. The van der Waals surface area contributed by atoms with Crippen LogP contribution in [0.3, 0.4) is 0 Å². The number of hydrogen-bond acceptors (Lipinski definition) is 6. The van der Waals surface area contributed by atoms with Gasteiger partial charge in [0.1, 0.15) is 0 Å². The molecule has 0 saturated heterocycles. The van der Waals surface area contributed by atoms with Crippen molar-refractivity contribution in [2.45, 2.75) is 0 Å². The van der Waals surface area contributed by atoms with E-state index in [0.717, 1.165) is 101 Å².